The third-order valence-electron chi connectivity index (χ3n) is 5.02. The van der Waals surface area contributed by atoms with Crippen LogP contribution in [0.15, 0.2) is 53.4 Å². The highest BCUT2D eigenvalue weighted by molar-refractivity contribution is 7.92. The summed E-state index contributed by atoms with van der Waals surface area (Å²) in [4.78, 5) is 13.0. The summed E-state index contributed by atoms with van der Waals surface area (Å²) in [6, 6.07) is 13.2. The van der Waals surface area contributed by atoms with Crippen LogP contribution in [0, 0.1) is 18.8 Å². The number of carbonyl (C=O) groups is 1. The average Bonchev–Trinajstić information content (AvgIpc) is 2.70. The van der Waals surface area contributed by atoms with E-state index in [1.165, 1.54) is 0 Å². The fourth-order valence-corrected chi connectivity index (χ4v) is 4.79. The Balaban J connectivity index is 2.40. The number of aryl methyl sites for hydroxylation is 1. The molecular weight excluding hydrogens is 400 g/mol. The number of ether oxygens (including phenoxy) is 1. The lowest BCUT2D eigenvalue weighted by Gasteiger charge is -2.29. The van der Waals surface area contributed by atoms with Crippen molar-refractivity contribution < 1.29 is 17.9 Å². The van der Waals surface area contributed by atoms with Crippen molar-refractivity contribution >= 4 is 21.6 Å². The first-order valence-corrected chi connectivity index (χ1v) is 11.5. The summed E-state index contributed by atoms with van der Waals surface area (Å²) in [6.07, 6.45) is 0. The van der Waals surface area contributed by atoms with Gasteiger partial charge in [0.15, 0.2) is 0 Å². The van der Waals surface area contributed by atoms with Crippen molar-refractivity contribution in [1.82, 2.24) is 5.32 Å². The molecule has 30 heavy (non-hydrogen) atoms. The van der Waals surface area contributed by atoms with Crippen molar-refractivity contribution in [3.8, 4) is 5.75 Å². The van der Waals surface area contributed by atoms with Crippen molar-refractivity contribution in [3.05, 3.63) is 54.1 Å². The number of nitrogens with zero attached hydrogens (tertiary/aromatic N) is 1. The fraction of sp³-hybridized carbons (Fsp3) is 0.435. The predicted octanol–water partition coefficient (Wildman–Crippen LogP) is 4.00. The van der Waals surface area contributed by atoms with Gasteiger partial charge in [-0.05, 0) is 55.2 Å². The van der Waals surface area contributed by atoms with E-state index in [2.05, 4.69) is 5.32 Å². The van der Waals surface area contributed by atoms with Crippen LogP contribution in [0.2, 0.25) is 0 Å². The Morgan fingerprint density at radius 2 is 1.50 bits per heavy atom. The van der Waals surface area contributed by atoms with E-state index in [0.717, 1.165) is 9.87 Å². The van der Waals surface area contributed by atoms with E-state index in [1.54, 1.807) is 55.6 Å². The molecule has 164 valence electrons. The minimum absolute atomic E-state index is 0.0442. The van der Waals surface area contributed by atoms with Crippen LogP contribution in [0.5, 0.6) is 5.75 Å². The van der Waals surface area contributed by atoms with Crippen LogP contribution in [-0.2, 0) is 14.8 Å². The maximum Gasteiger partial charge on any atom is 0.264 e. The minimum atomic E-state index is -3.93. The highest BCUT2D eigenvalue weighted by Gasteiger charge is 2.29. The van der Waals surface area contributed by atoms with Crippen LogP contribution in [0.1, 0.15) is 33.3 Å². The van der Waals surface area contributed by atoms with Crippen LogP contribution in [0.3, 0.4) is 0 Å². The molecule has 0 saturated carbocycles. The van der Waals surface area contributed by atoms with Gasteiger partial charge in [0.05, 0.1) is 17.7 Å². The monoisotopic (exact) mass is 432 g/mol. The van der Waals surface area contributed by atoms with E-state index >= 15 is 0 Å². The third-order valence-corrected chi connectivity index (χ3v) is 6.81. The molecule has 0 atom stereocenters. The molecule has 0 aliphatic heterocycles. The molecule has 7 heteroatoms. The molecule has 6 nitrogen and oxygen atoms in total. The third kappa shape index (κ3) is 5.75. The summed E-state index contributed by atoms with van der Waals surface area (Å²) in [5, 5.41) is 3.00. The van der Waals surface area contributed by atoms with Gasteiger partial charge in [0.1, 0.15) is 12.3 Å². The Bertz CT molecular complexity index is 928. The Morgan fingerprint density at radius 3 is 1.97 bits per heavy atom. The van der Waals surface area contributed by atoms with Gasteiger partial charge in [-0.2, -0.15) is 0 Å². The van der Waals surface area contributed by atoms with Crippen molar-refractivity contribution in [2.45, 2.75) is 45.6 Å². The highest BCUT2D eigenvalue weighted by Crippen LogP contribution is 2.26. The van der Waals surface area contributed by atoms with Crippen LogP contribution in [0.25, 0.3) is 0 Å². The molecule has 0 fully saturated rings. The van der Waals surface area contributed by atoms with Crippen LogP contribution < -0.4 is 14.4 Å². The molecule has 0 aliphatic carbocycles. The molecular formula is C23H32N2O4S. The summed E-state index contributed by atoms with van der Waals surface area (Å²) < 4.78 is 33.1. The number of sulfonamides is 1. The largest absolute Gasteiger partial charge is 0.497 e. The number of anilines is 1. The van der Waals surface area contributed by atoms with Gasteiger partial charge < -0.3 is 10.1 Å². The average molecular weight is 433 g/mol. The van der Waals surface area contributed by atoms with Gasteiger partial charge in [-0.15, -0.1) is 0 Å². The predicted molar refractivity (Wildman–Crippen MR) is 120 cm³/mol. The zero-order valence-corrected chi connectivity index (χ0v) is 19.4. The van der Waals surface area contributed by atoms with E-state index < -0.39 is 10.0 Å². The van der Waals surface area contributed by atoms with Gasteiger partial charge in [0, 0.05) is 6.04 Å². The van der Waals surface area contributed by atoms with E-state index in [9.17, 15) is 13.2 Å². The van der Waals surface area contributed by atoms with E-state index in [1.807, 2.05) is 34.6 Å². The Morgan fingerprint density at radius 1 is 0.967 bits per heavy atom. The summed E-state index contributed by atoms with van der Waals surface area (Å²) in [6.45, 7) is 9.73. The number of rotatable bonds is 9. The van der Waals surface area contributed by atoms with Crippen molar-refractivity contribution in [3.63, 3.8) is 0 Å². The maximum absolute atomic E-state index is 13.4. The zero-order chi connectivity index (χ0) is 22.5. The number of nitrogens with one attached hydrogen (secondary N) is 1. The summed E-state index contributed by atoms with van der Waals surface area (Å²) in [7, 11) is -2.39. The Kier molecular flexibility index (Phi) is 7.89. The molecule has 2 aromatic rings. The molecule has 0 aliphatic rings. The van der Waals surface area contributed by atoms with Gasteiger partial charge in [0.2, 0.25) is 5.91 Å². The maximum atomic E-state index is 13.4. The number of amides is 1. The molecule has 0 bridgehead atoms. The molecule has 0 spiro atoms. The van der Waals surface area contributed by atoms with Crippen LogP contribution >= 0.6 is 0 Å². The van der Waals surface area contributed by atoms with Crippen LogP contribution in [0.4, 0.5) is 5.69 Å². The van der Waals surface area contributed by atoms with Crippen molar-refractivity contribution in [2.75, 3.05) is 18.0 Å². The SMILES string of the molecule is COc1ccc(N(CC(=O)NC(C(C)C)C(C)C)S(=O)(=O)c2ccc(C)cc2)cc1. The lowest BCUT2D eigenvalue weighted by molar-refractivity contribution is -0.121. The van der Waals surface area contributed by atoms with Gasteiger partial charge >= 0.3 is 0 Å². The number of methoxy groups -OCH3 is 1. The van der Waals surface area contributed by atoms with Gasteiger partial charge in [-0.1, -0.05) is 45.4 Å². The molecule has 0 heterocycles. The lowest BCUT2D eigenvalue weighted by atomic mass is 9.93. The lowest BCUT2D eigenvalue weighted by Crippen LogP contribution is -2.47. The second-order valence-electron chi connectivity index (χ2n) is 8.10. The first kappa shape index (κ1) is 23.7. The normalized spacial score (nSPS) is 11.8. The zero-order valence-electron chi connectivity index (χ0n) is 18.5. The molecule has 1 amide bonds. The molecule has 0 unspecified atom stereocenters. The first-order valence-electron chi connectivity index (χ1n) is 10.1. The number of carbonyl (C=O) groups excluding carboxylic acids is 1. The number of benzene rings is 2. The van der Waals surface area contributed by atoms with E-state index in [-0.39, 0.29) is 35.2 Å². The van der Waals surface area contributed by atoms with E-state index in [0.29, 0.717) is 11.4 Å². The fourth-order valence-electron chi connectivity index (χ4n) is 3.37. The number of hydrogen-bond donors (Lipinski definition) is 1. The second kappa shape index (κ2) is 9.98. The van der Waals surface area contributed by atoms with Crippen LogP contribution in [-0.4, -0.2) is 34.0 Å². The smallest absolute Gasteiger partial charge is 0.264 e. The topological polar surface area (TPSA) is 75.7 Å². The first-order chi connectivity index (χ1) is 14.1. The molecule has 1 N–H and O–H groups in total. The standard InChI is InChI=1S/C23H32N2O4S/c1-16(2)23(17(3)4)24-22(26)15-25(19-9-11-20(29-6)12-10-19)30(27,28)21-13-7-18(5)8-14-21/h7-14,16-17,23H,15H2,1-6H3,(H,24,26). The molecule has 0 radical (unpaired) electrons. The minimum Gasteiger partial charge on any atom is -0.497 e. The summed E-state index contributed by atoms with van der Waals surface area (Å²) in [5.41, 5.74) is 1.36. The molecule has 0 saturated heterocycles. The van der Waals surface area contributed by atoms with Crippen molar-refractivity contribution in [2.24, 2.45) is 11.8 Å². The Labute approximate surface area is 180 Å². The van der Waals surface area contributed by atoms with Gasteiger partial charge in [0.25, 0.3) is 10.0 Å². The quantitative estimate of drug-likeness (QED) is 0.650. The molecule has 2 aromatic carbocycles. The number of hydrogen-bond acceptors (Lipinski definition) is 4. The second-order valence-corrected chi connectivity index (χ2v) is 9.97. The van der Waals surface area contributed by atoms with Crippen molar-refractivity contribution in [1.29, 1.82) is 0 Å². The Hall–Kier alpha value is -2.54. The summed E-state index contributed by atoms with van der Waals surface area (Å²) >= 11 is 0. The summed E-state index contributed by atoms with van der Waals surface area (Å²) in [5.74, 6) is 0.735. The van der Waals surface area contributed by atoms with E-state index in [4.69, 9.17) is 4.74 Å². The van der Waals surface area contributed by atoms with Gasteiger partial charge in [-0.3, -0.25) is 9.10 Å². The molecule has 2 rings (SSSR count). The molecule has 0 aromatic heterocycles. The highest BCUT2D eigenvalue weighted by atomic mass is 32.2. The van der Waals surface area contributed by atoms with Gasteiger partial charge in [-0.25, -0.2) is 8.42 Å².